The van der Waals surface area contributed by atoms with Crippen molar-refractivity contribution in [2.75, 3.05) is 23.7 Å². The fraction of sp³-hybridized carbons (Fsp3) is 0.412. The average molecular weight is 396 g/mol. The molecule has 4 N–H and O–H groups in total. The van der Waals surface area contributed by atoms with Gasteiger partial charge in [-0.3, -0.25) is 0 Å². The summed E-state index contributed by atoms with van der Waals surface area (Å²) in [6.45, 7) is 1.89. The fourth-order valence-electron chi connectivity index (χ4n) is 3.60. The van der Waals surface area contributed by atoms with Gasteiger partial charge in [0.05, 0.1) is 16.2 Å². The van der Waals surface area contributed by atoms with E-state index in [1.54, 1.807) is 12.3 Å². The van der Waals surface area contributed by atoms with Gasteiger partial charge in [0.2, 0.25) is 0 Å². The first kappa shape index (κ1) is 17.2. The van der Waals surface area contributed by atoms with E-state index in [1.807, 2.05) is 12.1 Å². The minimum atomic E-state index is 0.262. The molecule has 1 aromatic heterocycles. The highest BCUT2D eigenvalue weighted by molar-refractivity contribution is 7.99. The van der Waals surface area contributed by atoms with Crippen molar-refractivity contribution >= 4 is 46.6 Å². The van der Waals surface area contributed by atoms with Crippen LogP contribution < -0.4 is 16.4 Å². The summed E-state index contributed by atoms with van der Waals surface area (Å²) in [5.41, 5.74) is 12.6. The predicted molar refractivity (Wildman–Crippen MR) is 104 cm³/mol. The van der Waals surface area contributed by atoms with Crippen molar-refractivity contribution in [3.05, 3.63) is 34.4 Å². The van der Waals surface area contributed by atoms with Crippen molar-refractivity contribution in [3.63, 3.8) is 0 Å². The third kappa shape index (κ3) is 3.05. The van der Waals surface area contributed by atoms with Crippen molar-refractivity contribution < 1.29 is 0 Å². The lowest BCUT2D eigenvalue weighted by Crippen LogP contribution is -2.52. The second-order valence-corrected chi connectivity index (χ2v) is 8.57. The van der Waals surface area contributed by atoms with Crippen LogP contribution in [-0.2, 0) is 0 Å². The van der Waals surface area contributed by atoms with Crippen LogP contribution in [-0.4, -0.2) is 29.1 Å². The molecule has 8 heteroatoms. The number of anilines is 2. The van der Waals surface area contributed by atoms with Gasteiger partial charge in [0, 0.05) is 29.4 Å². The van der Waals surface area contributed by atoms with Crippen molar-refractivity contribution in [2.24, 2.45) is 11.1 Å². The molecule has 2 heterocycles. The zero-order valence-corrected chi connectivity index (χ0v) is 15.9. The van der Waals surface area contributed by atoms with Gasteiger partial charge in [-0.2, -0.15) is 0 Å². The van der Waals surface area contributed by atoms with Gasteiger partial charge in [-0.05, 0) is 31.4 Å². The number of nitrogens with zero attached hydrogens (tertiary/aromatic N) is 3. The van der Waals surface area contributed by atoms with Crippen LogP contribution in [0.25, 0.3) is 0 Å². The van der Waals surface area contributed by atoms with Crippen molar-refractivity contribution in [2.45, 2.75) is 35.2 Å². The molecule has 1 saturated carbocycles. The van der Waals surface area contributed by atoms with Crippen LogP contribution in [0, 0.1) is 5.41 Å². The van der Waals surface area contributed by atoms with Crippen LogP contribution >= 0.6 is 35.0 Å². The summed E-state index contributed by atoms with van der Waals surface area (Å²) >= 11 is 13.7. The molecule has 25 heavy (non-hydrogen) atoms. The monoisotopic (exact) mass is 395 g/mol. The molecule has 4 rings (SSSR count). The first-order valence-electron chi connectivity index (χ1n) is 8.23. The van der Waals surface area contributed by atoms with Crippen LogP contribution in [0.5, 0.6) is 0 Å². The van der Waals surface area contributed by atoms with Crippen LogP contribution in [0.1, 0.15) is 19.3 Å². The molecular weight excluding hydrogens is 377 g/mol. The third-order valence-corrected chi connectivity index (χ3v) is 7.32. The van der Waals surface area contributed by atoms with Gasteiger partial charge < -0.3 is 16.4 Å². The molecule has 2 aromatic rings. The quantitative estimate of drug-likeness (QED) is 0.821. The maximum atomic E-state index is 6.24. The normalized spacial score (nSPS) is 25.4. The fourth-order valence-corrected chi connectivity index (χ4v) is 4.88. The SMILES string of the molecule is Nc1nc(N2CC[C@@]3(CCC3N)C2)cnc1Sc1cccc(Cl)c1Cl. The summed E-state index contributed by atoms with van der Waals surface area (Å²) < 4.78 is 0. The van der Waals surface area contributed by atoms with E-state index in [2.05, 4.69) is 14.9 Å². The van der Waals surface area contributed by atoms with E-state index in [0.717, 1.165) is 36.6 Å². The van der Waals surface area contributed by atoms with Crippen LogP contribution in [0.4, 0.5) is 11.6 Å². The summed E-state index contributed by atoms with van der Waals surface area (Å²) in [5.74, 6) is 1.22. The summed E-state index contributed by atoms with van der Waals surface area (Å²) in [4.78, 5) is 12.1. The minimum Gasteiger partial charge on any atom is -0.381 e. The standard InChI is InChI=1S/C17H19Cl2N5S/c18-10-2-1-3-11(14(10)19)25-16-15(21)23-13(8-22-16)24-7-6-17(9-24)5-4-12(17)20/h1-3,8,12H,4-7,9,20H2,(H2,21,23)/t12?,17-/m0/s1. The van der Waals surface area contributed by atoms with Gasteiger partial charge in [-0.15, -0.1) is 0 Å². The van der Waals surface area contributed by atoms with E-state index >= 15 is 0 Å². The Bertz CT molecular complexity index is 818. The van der Waals surface area contributed by atoms with Gasteiger partial charge in [0.15, 0.2) is 5.82 Å². The summed E-state index contributed by atoms with van der Waals surface area (Å²) in [6, 6.07) is 5.79. The van der Waals surface area contributed by atoms with Crippen molar-refractivity contribution in [1.29, 1.82) is 0 Å². The highest BCUT2D eigenvalue weighted by Crippen LogP contribution is 2.48. The summed E-state index contributed by atoms with van der Waals surface area (Å²) in [7, 11) is 0. The number of nitrogen functional groups attached to an aromatic ring is 1. The van der Waals surface area contributed by atoms with Gasteiger partial charge >= 0.3 is 0 Å². The van der Waals surface area contributed by atoms with Gasteiger partial charge in [-0.1, -0.05) is 41.0 Å². The Balaban J connectivity index is 1.52. The van der Waals surface area contributed by atoms with Gasteiger partial charge in [0.1, 0.15) is 10.8 Å². The van der Waals surface area contributed by atoms with E-state index in [4.69, 9.17) is 34.7 Å². The molecule has 132 valence electrons. The van der Waals surface area contributed by atoms with Crippen molar-refractivity contribution in [3.8, 4) is 0 Å². The zero-order valence-electron chi connectivity index (χ0n) is 13.6. The van der Waals surface area contributed by atoms with E-state index in [0.29, 0.717) is 26.9 Å². The van der Waals surface area contributed by atoms with Crippen LogP contribution in [0.2, 0.25) is 10.0 Å². The largest absolute Gasteiger partial charge is 0.381 e. The number of nitrogens with two attached hydrogens (primary N) is 2. The van der Waals surface area contributed by atoms with E-state index in [-0.39, 0.29) is 5.41 Å². The topological polar surface area (TPSA) is 81.1 Å². The third-order valence-electron chi connectivity index (χ3n) is 5.32. The number of hydrogen-bond donors (Lipinski definition) is 2. The number of halogens is 2. The van der Waals surface area contributed by atoms with E-state index < -0.39 is 0 Å². The maximum Gasteiger partial charge on any atom is 0.158 e. The molecule has 1 unspecified atom stereocenters. The Kier molecular flexibility index (Phi) is 4.48. The highest BCUT2D eigenvalue weighted by atomic mass is 35.5. The number of rotatable bonds is 3. The highest BCUT2D eigenvalue weighted by Gasteiger charge is 2.49. The molecular formula is C17H19Cl2N5S. The Morgan fingerprint density at radius 2 is 2.12 bits per heavy atom. The maximum absolute atomic E-state index is 6.24. The Hall–Kier alpha value is -1.21. The predicted octanol–water partition coefficient (Wildman–Crippen LogP) is 3.83. The molecule has 5 nitrogen and oxygen atoms in total. The average Bonchev–Trinajstić information content (AvgIpc) is 3.07. The number of hydrogen-bond acceptors (Lipinski definition) is 6. The molecule has 1 saturated heterocycles. The Labute approximate surface area is 161 Å². The smallest absolute Gasteiger partial charge is 0.158 e. The second kappa shape index (κ2) is 6.50. The van der Waals surface area contributed by atoms with Crippen LogP contribution in [0.15, 0.2) is 34.3 Å². The lowest BCUT2D eigenvalue weighted by molar-refractivity contribution is 0.122. The molecule has 2 fully saturated rings. The number of aromatic nitrogens is 2. The first-order valence-corrected chi connectivity index (χ1v) is 9.81. The molecule has 2 atom stereocenters. The van der Waals surface area contributed by atoms with Gasteiger partial charge in [-0.25, -0.2) is 9.97 Å². The Morgan fingerprint density at radius 3 is 2.76 bits per heavy atom. The molecule has 1 spiro atoms. The van der Waals surface area contributed by atoms with E-state index in [1.165, 1.54) is 18.2 Å². The first-order chi connectivity index (χ1) is 12.0. The molecule has 1 aliphatic carbocycles. The van der Waals surface area contributed by atoms with Crippen molar-refractivity contribution in [1.82, 2.24) is 9.97 Å². The van der Waals surface area contributed by atoms with Crippen LogP contribution in [0.3, 0.4) is 0 Å². The molecule has 1 aromatic carbocycles. The minimum absolute atomic E-state index is 0.262. The lowest BCUT2D eigenvalue weighted by Gasteiger charge is -2.44. The van der Waals surface area contributed by atoms with E-state index in [9.17, 15) is 0 Å². The molecule has 0 radical (unpaired) electrons. The number of benzene rings is 1. The summed E-state index contributed by atoms with van der Waals surface area (Å²) in [6.07, 6.45) is 5.22. The zero-order chi connectivity index (χ0) is 17.6. The second-order valence-electron chi connectivity index (χ2n) is 6.75. The molecule has 0 bridgehead atoms. The molecule has 2 aliphatic rings. The molecule has 0 amide bonds. The summed E-state index contributed by atoms with van der Waals surface area (Å²) in [5, 5.41) is 1.64. The Morgan fingerprint density at radius 1 is 1.28 bits per heavy atom. The molecule has 1 aliphatic heterocycles. The lowest BCUT2D eigenvalue weighted by atomic mass is 9.64. The van der Waals surface area contributed by atoms with Gasteiger partial charge in [0.25, 0.3) is 0 Å².